The van der Waals surface area contributed by atoms with Crippen molar-refractivity contribution in [2.75, 3.05) is 26.7 Å². The number of nitrogens with zero attached hydrogens (tertiary/aromatic N) is 1. The number of ether oxygens (including phenoxy) is 1. The minimum atomic E-state index is -0.0228. The third kappa shape index (κ3) is 3.19. The zero-order valence-corrected chi connectivity index (χ0v) is 12.4. The molecule has 5 nitrogen and oxygen atoms in total. The molecule has 2 amide bonds. The second-order valence-corrected chi connectivity index (χ2v) is 5.34. The van der Waals surface area contributed by atoms with E-state index in [0.29, 0.717) is 19.6 Å². The molecule has 104 valence electrons. The van der Waals surface area contributed by atoms with Crippen LogP contribution in [0.25, 0.3) is 0 Å². The highest BCUT2D eigenvalue weighted by Crippen LogP contribution is 2.29. The Labute approximate surface area is 121 Å². The maximum absolute atomic E-state index is 11.8. The molecular formula is C13H18BrN3O2. The Balaban J connectivity index is 2.07. The number of methoxy groups -OCH3 is 1. The van der Waals surface area contributed by atoms with Gasteiger partial charge in [0, 0.05) is 13.1 Å². The third-order valence-corrected chi connectivity index (χ3v) is 3.82. The van der Waals surface area contributed by atoms with E-state index in [0.717, 1.165) is 22.2 Å². The molecular weight excluding hydrogens is 310 g/mol. The lowest BCUT2D eigenvalue weighted by molar-refractivity contribution is 0.217. The molecule has 1 aliphatic heterocycles. The van der Waals surface area contributed by atoms with E-state index < -0.39 is 0 Å². The van der Waals surface area contributed by atoms with E-state index in [9.17, 15) is 4.79 Å². The Bertz CT molecular complexity index is 467. The van der Waals surface area contributed by atoms with Gasteiger partial charge >= 0.3 is 6.03 Å². The maximum atomic E-state index is 11.8. The van der Waals surface area contributed by atoms with Crippen LogP contribution in [0.3, 0.4) is 0 Å². The summed E-state index contributed by atoms with van der Waals surface area (Å²) in [6.07, 6.45) is 0.826. The zero-order valence-electron chi connectivity index (χ0n) is 10.9. The molecule has 19 heavy (non-hydrogen) atoms. The van der Waals surface area contributed by atoms with Gasteiger partial charge in [0.1, 0.15) is 5.75 Å². The van der Waals surface area contributed by atoms with Gasteiger partial charge in [-0.1, -0.05) is 6.07 Å². The smallest absolute Gasteiger partial charge is 0.318 e. The van der Waals surface area contributed by atoms with E-state index in [2.05, 4.69) is 21.2 Å². The predicted molar refractivity (Wildman–Crippen MR) is 77.2 cm³/mol. The van der Waals surface area contributed by atoms with Crippen molar-refractivity contribution in [1.82, 2.24) is 10.2 Å². The number of hydrogen-bond donors (Lipinski definition) is 2. The van der Waals surface area contributed by atoms with Crippen molar-refractivity contribution >= 4 is 22.0 Å². The van der Waals surface area contributed by atoms with Gasteiger partial charge in [-0.3, -0.25) is 0 Å². The van der Waals surface area contributed by atoms with E-state index in [1.165, 1.54) is 0 Å². The first kappa shape index (κ1) is 14.1. The van der Waals surface area contributed by atoms with Gasteiger partial charge in [-0.05, 0) is 46.6 Å². The molecule has 6 heteroatoms. The Morgan fingerprint density at radius 1 is 1.58 bits per heavy atom. The highest BCUT2D eigenvalue weighted by molar-refractivity contribution is 9.10. The fourth-order valence-corrected chi connectivity index (χ4v) is 2.71. The fourth-order valence-electron chi connectivity index (χ4n) is 2.15. The Morgan fingerprint density at radius 2 is 2.37 bits per heavy atom. The summed E-state index contributed by atoms with van der Waals surface area (Å²) in [5.74, 6) is 0.785. The second-order valence-electron chi connectivity index (χ2n) is 4.48. The Kier molecular flexibility index (Phi) is 4.66. The topological polar surface area (TPSA) is 67.6 Å². The minimum absolute atomic E-state index is 0.0208. The fraction of sp³-hybridized carbons (Fsp3) is 0.462. The van der Waals surface area contributed by atoms with E-state index in [1.54, 1.807) is 12.0 Å². The van der Waals surface area contributed by atoms with Gasteiger partial charge in [-0.25, -0.2) is 4.79 Å². The van der Waals surface area contributed by atoms with Gasteiger partial charge in [0.25, 0.3) is 0 Å². The molecule has 3 N–H and O–H groups in total. The summed E-state index contributed by atoms with van der Waals surface area (Å²) in [4.78, 5) is 13.6. The second kappa shape index (κ2) is 6.25. The van der Waals surface area contributed by atoms with Crippen LogP contribution >= 0.6 is 15.9 Å². The lowest BCUT2D eigenvalue weighted by atomic mass is 10.1. The predicted octanol–water partition coefficient (Wildman–Crippen LogP) is 1.87. The number of amides is 2. The van der Waals surface area contributed by atoms with E-state index >= 15 is 0 Å². The molecule has 0 bridgehead atoms. The standard InChI is InChI=1S/C13H18BrN3O2/c1-19-12-4-3-9(7-10(12)14)11-8-17(6-2-5-15)13(18)16-11/h3-4,7,11H,2,5-6,8,15H2,1H3,(H,16,18). The molecule has 1 fully saturated rings. The van der Waals surface area contributed by atoms with Gasteiger partial charge in [-0.2, -0.15) is 0 Å². The SMILES string of the molecule is COc1ccc(C2CN(CCCN)C(=O)N2)cc1Br. The summed E-state index contributed by atoms with van der Waals surface area (Å²) in [6.45, 7) is 1.98. The average molecular weight is 328 g/mol. The maximum Gasteiger partial charge on any atom is 0.318 e. The van der Waals surface area contributed by atoms with Crippen LogP contribution in [0.4, 0.5) is 4.79 Å². The van der Waals surface area contributed by atoms with Gasteiger partial charge in [-0.15, -0.1) is 0 Å². The summed E-state index contributed by atoms with van der Waals surface area (Å²) < 4.78 is 6.09. The molecule has 2 rings (SSSR count). The molecule has 0 saturated carbocycles. The van der Waals surface area contributed by atoms with Crippen LogP contribution in [0.5, 0.6) is 5.75 Å². The van der Waals surface area contributed by atoms with Crippen molar-refractivity contribution < 1.29 is 9.53 Å². The summed E-state index contributed by atoms with van der Waals surface area (Å²) >= 11 is 3.46. The molecule has 0 spiro atoms. The molecule has 0 radical (unpaired) electrons. The Hall–Kier alpha value is -1.27. The first-order chi connectivity index (χ1) is 9.15. The van der Waals surface area contributed by atoms with Crippen molar-refractivity contribution in [2.45, 2.75) is 12.5 Å². The number of urea groups is 1. The number of nitrogens with two attached hydrogens (primary N) is 1. The first-order valence-corrected chi connectivity index (χ1v) is 7.04. The molecule has 1 aromatic carbocycles. The number of carbonyl (C=O) groups is 1. The monoisotopic (exact) mass is 327 g/mol. The van der Waals surface area contributed by atoms with Gasteiger partial charge in [0.05, 0.1) is 17.6 Å². The summed E-state index contributed by atoms with van der Waals surface area (Å²) in [6, 6.07) is 5.85. The van der Waals surface area contributed by atoms with Crippen LogP contribution in [-0.4, -0.2) is 37.7 Å². The lowest BCUT2D eigenvalue weighted by Crippen LogP contribution is -2.30. The van der Waals surface area contributed by atoms with Gasteiger partial charge in [0.2, 0.25) is 0 Å². The lowest BCUT2D eigenvalue weighted by Gasteiger charge is -2.14. The number of hydrogen-bond acceptors (Lipinski definition) is 3. The van der Waals surface area contributed by atoms with Gasteiger partial charge in [0.15, 0.2) is 0 Å². The molecule has 0 aromatic heterocycles. The highest BCUT2D eigenvalue weighted by Gasteiger charge is 2.29. The van der Waals surface area contributed by atoms with Crippen molar-refractivity contribution in [3.63, 3.8) is 0 Å². The van der Waals surface area contributed by atoms with Crippen LogP contribution in [0.2, 0.25) is 0 Å². The zero-order chi connectivity index (χ0) is 13.8. The molecule has 1 aliphatic rings. The summed E-state index contributed by atoms with van der Waals surface area (Å²) in [5.41, 5.74) is 6.54. The number of carbonyl (C=O) groups excluding carboxylic acids is 1. The van der Waals surface area contributed by atoms with Crippen molar-refractivity contribution in [2.24, 2.45) is 5.73 Å². The quantitative estimate of drug-likeness (QED) is 0.867. The molecule has 1 aromatic rings. The minimum Gasteiger partial charge on any atom is -0.496 e. The molecule has 1 saturated heterocycles. The van der Waals surface area contributed by atoms with Crippen LogP contribution in [0, 0.1) is 0 Å². The number of halogens is 1. The van der Waals surface area contributed by atoms with Crippen LogP contribution in [-0.2, 0) is 0 Å². The molecule has 1 heterocycles. The first-order valence-electron chi connectivity index (χ1n) is 6.24. The van der Waals surface area contributed by atoms with Crippen LogP contribution in [0.1, 0.15) is 18.0 Å². The Morgan fingerprint density at radius 3 is 3.00 bits per heavy atom. The van der Waals surface area contributed by atoms with Crippen molar-refractivity contribution in [3.05, 3.63) is 28.2 Å². The average Bonchev–Trinajstić information content (AvgIpc) is 2.77. The van der Waals surface area contributed by atoms with Crippen LogP contribution < -0.4 is 15.8 Å². The van der Waals surface area contributed by atoms with Crippen LogP contribution in [0.15, 0.2) is 22.7 Å². The number of benzene rings is 1. The summed E-state index contributed by atoms with van der Waals surface area (Å²) in [5, 5.41) is 2.98. The van der Waals surface area contributed by atoms with E-state index in [-0.39, 0.29) is 12.1 Å². The summed E-state index contributed by atoms with van der Waals surface area (Å²) in [7, 11) is 1.63. The molecule has 0 aliphatic carbocycles. The van der Waals surface area contributed by atoms with E-state index in [1.807, 2.05) is 18.2 Å². The highest BCUT2D eigenvalue weighted by atomic mass is 79.9. The third-order valence-electron chi connectivity index (χ3n) is 3.20. The molecule has 1 unspecified atom stereocenters. The van der Waals surface area contributed by atoms with Crippen molar-refractivity contribution in [1.29, 1.82) is 0 Å². The molecule has 1 atom stereocenters. The number of rotatable bonds is 5. The van der Waals surface area contributed by atoms with Gasteiger partial charge < -0.3 is 20.7 Å². The van der Waals surface area contributed by atoms with E-state index in [4.69, 9.17) is 10.5 Å². The largest absolute Gasteiger partial charge is 0.496 e. The normalized spacial score (nSPS) is 18.6. The number of nitrogens with one attached hydrogen (secondary N) is 1. The van der Waals surface area contributed by atoms with Crippen molar-refractivity contribution in [3.8, 4) is 5.75 Å².